The van der Waals surface area contributed by atoms with Crippen LogP contribution in [0.3, 0.4) is 0 Å². The summed E-state index contributed by atoms with van der Waals surface area (Å²) in [7, 11) is 0. The van der Waals surface area contributed by atoms with Gasteiger partial charge in [-0.1, -0.05) is 12.1 Å². The highest BCUT2D eigenvalue weighted by Gasteiger charge is 2.33. The molecule has 0 saturated heterocycles. The Bertz CT molecular complexity index is 1160. The van der Waals surface area contributed by atoms with E-state index in [0.717, 1.165) is 17.2 Å². The van der Waals surface area contributed by atoms with Gasteiger partial charge in [0.2, 0.25) is 0 Å². The topological polar surface area (TPSA) is 124 Å². The van der Waals surface area contributed by atoms with E-state index in [1.807, 2.05) is 6.07 Å². The molecule has 9 nitrogen and oxygen atoms in total. The predicted octanol–water partition coefficient (Wildman–Crippen LogP) is 1.60. The molecule has 3 heterocycles. The summed E-state index contributed by atoms with van der Waals surface area (Å²) in [6.45, 7) is 6.10. The minimum atomic E-state index is -0.642. The number of carbonyl (C=O) groups is 3. The zero-order valence-electron chi connectivity index (χ0n) is 16.9. The molecule has 0 spiro atoms. The number of rotatable bonds is 1. The van der Waals surface area contributed by atoms with Gasteiger partial charge in [-0.15, -0.1) is 0 Å². The van der Waals surface area contributed by atoms with Crippen LogP contribution in [0.25, 0.3) is 5.69 Å². The van der Waals surface area contributed by atoms with E-state index >= 15 is 0 Å². The van der Waals surface area contributed by atoms with Crippen molar-refractivity contribution in [2.24, 2.45) is 0 Å². The zero-order chi connectivity index (χ0) is 21.8. The Labute approximate surface area is 172 Å². The number of fused-ring (bicyclic) bond motifs is 2. The molecule has 1 aromatic carbocycles. The molecule has 4 rings (SSSR count). The quantitative estimate of drug-likeness (QED) is 0.688. The van der Waals surface area contributed by atoms with Gasteiger partial charge in [-0.2, -0.15) is 0 Å². The molecular weight excluding hydrogens is 388 g/mol. The molecule has 2 aromatic rings. The fourth-order valence-corrected chi connectivity index (χ4v) is 3.78. The van der Waals surface area contributed by atoms with Crippen LogP contribution in [0.1, 0.15) is 52.6 Å². The van der Waals surface area contributed by atoms with Crippen molar-refractivity contribution in [2.75, 3.05) is 12.3 Å². The van der Waals surface area contributed by atoms with Crippen molar-refractivity contribution >= 4 is 23.7 Å². The summed E-state index contributed by atoms with van der Waals surface area (Å²) in [4.78, 5) is 51.0. The first-order valence-corrected chi connectivity index (χ1v) is 9.57. The molecular formula is C21H22N4O5. The number of nitrogens with one attached hydrogen (secondary N) is 1. The Balaban J connectivity index is 1.80. The molecule has 2 aliphatic heterocycles. The molecule has 3 N–H and O–H groups in total. The van der Waals surface area contributed by atoms with Crippen molar-refractivity contribution < 1.29 is 19.1 Å². The number of aromatic nitrogens is 1. The number of nitrogens with zero attached hydrogens (tertiary/aromatic N) is 2. The van der Waals surface area contributed by atoms with Crippen LogP contribution < -0.4 is 16.6 Å². The average Bonchev–Trinajstić information content (AvgIpc) is 2.93. The van der Waals surface area contributed by atoms with Gasteiger partial charge in [-0.05, 0) is 44.4 Å². The van der Waals surface area contributed by atoms with E-state index in [4.69, 9.17) is 10.5 Å². The standard InChI is InChI=1S/C21H22N4O5/c1-21(2,3)30-20(29)24-8-7-11-5-4-6-14(13(11)10-24)25-15(26)9-12-16(17(25)22)19(28)23-18(12)27/h4-6,9H,7-8,10,22H2,1-3H3,(H,23,27,28). The van der Waals surface area contributed by atoms with Crippen molar-refractivity contribution in [3.8, 4) is 5.69 Å². The number of hydrogen-bond donors (Lipinski definition) is 2. The summed E-state index contributed by atoms with van der Waals surface area (Å²) in [5.41, 5.74) is 7.16. The van der Waals surface area contributed by atoms with Gasteiger partial charge in [0.15, 0.2) is 0 Å². The lowest BCUT2D eigenvalue weighted by Gasteiger charge is -2.32. The number of nitrogens with two attached hydrogens (primary N) is 1. The van der Waals surface area contributed by atoms with Crippen molar-refractivity contribution in [3.63, 3.8) is 0 Å². The molecule has 0 radical (unpaired) electrons. The number of pyridine rings is 1. The van der Waals surface area contributed by atoms with Gasteiger partial charge in [0.25, 0.3) is 17.4 Å². The maximum Gasteiger partial charge on any atom is 0.410 e. The van der Waals surface area contributed by atoms with Crippen LogP contribution in [0.2, 0.25) is 0 Å². The summed E-state index contributed by atoms with van der Waals surface area (Å²) in [6, 6.07) is 6.54. The number of amides is 3. The molecule has 30 heavy (non-hydrogen) atoms. The summed E-state index contributed by atoms with van der Waals surface area (Å²) < 4.78 is 6.69. The maximum atomic E-state index is 12.8. The Morgan fingerprint density at radius 2 is 1.90 bits per heavy atom. The third kappa shape index (κ3) is 3.22. The average molecular weight is 410 g/mol. The fourth-order valence-electron chi connectivity index (χ4n) is 3.78. The molecule has 0 bridgehead atoms. The summed E-state index contributed by atoms with van der Waals surface area (Å²) >= 11 is 0. The summed E-state index contributed by atoms with van der Waals surface area (Å²) in [6.07, 6.45) is 0.142. The van der Waals surface area contributed by atoms with Gasteiger partial charge in [0, 0.05) is 12.6 Å². The van der Waals surface area contributed by atoms with E-state index in [2.05, 4.69) is 5.32 Å². The molecule has 3 amide bonds. The van der Waals surface area contributed by atoms with E-state index in [9.17, 15) is 19.2 Å². The number of carbonyl (C=O) groups excluding carboxylic acids is 3. The Kier molecular flexibility index (Phi) is 4.41. The van der Waals surface area contributed by atoms with E-state index in [1.165, 1.54) is 4.57 Å². The van der Waals surface area contributed by atoms with E-state index in [1.54, 1.807) is 37.8 Å². The van der Waals surface area contributed by atoms with Crippen molar-refractivity contribution in [1.82, 2.24) is 14.8 Å². The first kappa shape index (κ1) is 19.7. The molecule has 0 aliphatic carbocycles. The Hall–Kier alpha value is -3.62. The minimum Gasteiger partial charge on any atom is -0.444 e. The van der Waals surface area contributed by atoms with Crippen LogP contribution in [0.15, 0.2) is 29.1 Å². The molecule has 0 fully saturated rings. The van der Waals surface area contributed by atoms with Gasteiger partial charge in [0.05, 0.1) is 23.4 Å². The van der Waals surface area contributed by atoms with Crippen LogP contribution in [-0.4, -0.2) is 39.5 Å². The highest BCUT2D eigenvalue weighted by molar-refractivity contribution is 6.23. The molecule has 0 atom stereocenters. The summed E-state index contributed by atoms with van der Waals surface area (Å²) in [5, 5.41) is 2.16. The highest BCUT2D eigenvalue weighted by Crippen LogP contribution is 2.29. The van der Waals surface area contributed by atoms with Crippen LogP contribution in [0.5, 0.6) is 0 Å². The zero-order valence-corrected chi connectivity index (χ0v) is 16.9. The third-order valence-corrected chi connectivity index (χ3v) is 5.09. The molecule has 156 valence electrons. The lowest BCUT2D eigenvalue weighted by molar-refractivity contribution is 0.0224. The van der Waals surface area contributed by atoms with Gasteiger partial charge >= 0.3 is 6.09 Å². The van der Waals surface area contributed by atoms with Crippen LogP contribution in [0.4, 0.5) is 10.6 Å². The first-order chi connectivity index (χ1) is 14.1. The second kappa shape index (κ2) is 6.72. The van der Waals surface area contributed by atoms with Crippen LogP contribution in [-0.2, 0) is 17.7 Å². The smallest absolute Gasteiger partial charge is 0.410 e. The van der Waals surface area contributed by atoms with Crippen molar-refractivity contribution in [2.45, 2.75) is 39.3 Å². The number of anilines is 1. The summed E-state index contributed by atoms with van der Waals surface area (Å²) in [5.74, 6) is -1.39. The lowest BCUT2D eigenvalue weighted by atomic mass is 9.97. The fraction of sp³-hybridized carbons (Fsp3) is 0.333. The molecule has 9 heteroatoms. The second-order valence-corrected chi connectivity index (χ2v) is 8.34. The highest BCUT2D eigenvalue weighted by atomic mass is 16.6. The number of nitrogen functional groups attached to an aromatic ring is 1. The van der Waals surface area contributed by atoms with Gasteiger partial charge in [0.1, 0.15) is 11.4 Å². The minimum absolute atomic E-state index is 0.0167. The molecule has 0 unspecified atom stereocenters. The van der Waals surface area contributed by atoms with Crippen molar-refractivity contribution in [1.29, 1.82) is 0 Å². The van der Waals surface area contributed by atoms with E-state index < -0.39 is 29.1 Å². The normalized spacial score (nSPS) is 15.5. The van der Waals surface area contributed by atoms with Crippen LogP contribution in [0, 0.1) is 0 Å². The predicted molar refractivity (Wildman–Crippen MR) is 109 cm³/mol. The first-order valence-electron chi connectivity index (χ1n) is 9.57. The monoisotopic (exact) mass is 410 g/mol. The number of benzene rings is 1. The van der Waals surface area contributed by atoms with Gasteiger partial charge in [-0.3, -0.25) is 24.3 Å². The Morgan fingerprint density at radius 3 is 2.60 bits per heavy atom. The van der Waals surface area contributed by atoms with E-state index in [0.29, 0.717) is 18.7 Å². The number of imide groups is 1. The van der Waals surface area contributed by atoms with Crippen LogP contribution >= 0.6 is 0 Å². The third-order valence-electron chi connectivity index (χ3n) is 5.09. The second-order valence-electron chi connectivity index (χ2n) is 8.34. The Morgan fingerprint density at radius 1 is 1.17 bits per heavy atom. The number of ether oxygens (including phenoxy) is 1. The van der Waals surface area contributed by atoms with E-state index in [-0.39, 0.29) is 23.5 Å². The SMILES string of the molecule is CC(C)(C)OC(=O)N1CCc2cccc(-n3c(N)c4c(cc3=O)C(=O)NC4=O)c2C1. The molecule has 0 saturated carbocycles. The van der Waals surface area contributed by atoms with Crippen molar-refractivity contribution in [3.05, 3.63) is 56.9 Å². The molecule has 2 aliphatic rings. The number of hydrogen-bond acceptors (Lipinski definition) is 6. The lowest BCUT2D eigenvalue weighted by Crippen LogP contribution is -2.40. The largest absolute Gasteiger partial charge is 0.444 e. The molecule has 1 aromatic heterocycles. The maximum absolute atomic E-state index is 12.8. The van der Waals surface area contributed by atoms with Gasteiger partial charge in [-0.25, -0.2) is 4.79 Å². The van der Waals surface area contributed by atoms with Gasteiger partial charge < -0.3 is 15.4 Å².